The van der Waals surface area contributed by atoms with E-state index in [2.05, 4.69) is 15.0 Å². The number of nitrogens with one attached hydrogen (secondary N) is 2. The smallest absolute Gasteiger partial charge is 0.263 e. The highest BCUT2D eigenvalue weighted by atomic mass is 32.2. The van der Waals surface area contributed by atoms with Crippen molar-refractivity contribution in [3.8, 4) is 0 Å². The maximum atomic E-state index is 12.2. The van der Waals surface area contributed by atoms with Crippen molar-refractivity contribution in [2.75, 3.05) is 27.2 Å². The van der Waals surface area contributed by atoms with Crippen LogP contribution < -0.4 is 10.0 Å². The number of amides is 1. The molecule has 1 unspecified atom stereocenters. The molecule has 120 valence electrons. The Morgan fingerprint density at radius 3 is 2.77 bits per heavy atom. The Kier molecular flexibility index (Phi) is 4.82. The molecule has 1 aromatic carbocycles. The lowest BCUT2D eigenvalue weighted by Crippen LogP contribution is -2.38. The topological polar surface area (TPSA) is 90.9 Å². The number of likely N-dealkylation sites (N-methyl/N-ethyl adjacent to an activating group) is 2. The standard InChI is InChI=1S/C14H20N4O3S/c1-10(14(19)18(3)9-8-15-2)16-13-11-6-4-5-7-12(11)22(20,21)17-13/h4-7,10,15H,8-9H2,1-3H3,(H,16,17). The molecule has 8 heteroatoms. The summed E-state index contributed by atoms with van der Waals surface area (Å²) in [6.45, 7) is 2.90. The number of rotatable bonds is 5. The van der Waals surface area contributed by atoms with Crippen LogP contribution in [0.15, 0.2) is 34.2 Å². The van der Waals surface area contributed by atoms with Crippen molar-refractivity contribution in [2.24, 2.45) is 4.99 Å². The molecule has 2 rings (SSSR count). The molecule has 22 heavy (non-hydrogen) atoms. The quantitative estimate of drug-likeness (QED) is 0.784. The summed E-state index contributed by atoms with van der Waals surface area (Å²) in [7, 11) is -0.0669. The first-order chi connectivity index (χ1) is 10.4. The number of benzene rings is 1. The van der Waals surface area contributed by atoms with Gasteiger partial charge in [0.1, 0.15) is 11.9 Å². The predicted molar refractivity (Wildman–Crippen MR) is 84.3 cm³/mol. The van der Waals surface area contributed by atoms with Crippen LogP contribution in [0.4, 0.5) is 0 Å². The highest BCUT2D eigenvalue weighted by Crippen LogP contribution is 2.22. The van der Waals surface area contributed by atoms with Gasteiger partial charge in [-0.2, -0.15) is 0 Å². The average Bonchev–Trinajstić information content (AvgIpc) is 2.75. The number of carbonyl (C=O) groups excluding carboxylic acids is 1. The number of fused-ring (bicyclic) bond motifs is 1. The van der Waals surface area contributed by atoms with Crippen molar-refractivity contribution in [1.29, 1.82) is 0 Å². The number of hydrogen-bond donors (Lipinski definition) is 2. The lowest BCUT2D eigenvalue weighted by atomic mass is 10.2. The van der Waals surface area contributed by atoms with Crippen molar-refractivity contribution in [2.45, 2.75) is 17.9 Å². The zero-order chi connectivity index (χ0) is 16.3. The number of carbonyl (C=O) groups is 1. The van der Waals surface area contributed by atoms with Gasteiger partial charge in [0.05, 0.1) is 4.90 Å². The molecule has 1 heterocycles. The van der Waals surface area contributed by atoms with Gasteiger partial charge < -0.3 is 10.2 Å². The second-order valence-corrected chi connectivity index (χ2v) is 6.77. The van der Waals surface area contributed by atoms with Crippen LogP contribution in [0.25, 0.3) is 0 Å². The molecule has 0 saturated heterocycles. The summed E-state index contributed by atoms with van der Waals surface area (Å²) in [6.07, 6.45) is 0. The van der Waals surface area contributed by atoms with E-state index in [9.17, 15) is 13.2 Å². The fraction of sp³-hybridized carbons (Fsp3) is 0.429. The third-order valence-corrected chi connectivity index (χ3v) is 4.81. The van der Waals surface area contributed by atoms with Gasteiger partial charge in [-0.05, 0) is 26.1 Å². The van der Waals surface area contributed by atoms with Gasteiger partial charge in [0.2, 0.25) is 5.91 Å². The minimum Gasteiger partial charge on any atom is -0.343 e. The van der Waals surface area contributed by atoms with Crippen LogP contribution >= 0.6 is 0 Å². The van der Waals surface area contributed by atoms with E-state index in [1.165, 1.54) is 6.07 Å². The lowest BCUT2D eigenvalue weighted by molar-refractivity contribution is -0.130. The summed E-state index contributed by atoms with van der Waals surface area (Å²) in [5.74, 6) is 0.0600. The van der Waals surface area contributed by atoms with Gasteiger partial charge in [-0.25, -0.2) is 8.42 Å². The van der Waals surface area contributed by atoms with Gasteiger partial charge in [0.25, 0.3) is 10.0 Å². The molecule has 0 fully saturated rings. The fourth-order valence-corrected chi connectivity index (χ4v) is 3.43. The zero-order valence-electron chi connectivity index (χ0n) is 12.8. The molecule has 2 N–H and O–H groups in total. The molecule has 0 saturated carbocycles. The van der Waals surface area contributed by atoms with E-state index in [0.29, 0.717) is 18.7 Å². The van der Waals surface area contributed by atoms with Crippen molar-refractivity contribution >= 4 is 21.8 Å². The Labute approximate surface area is 130 Å². The number of amidine groups is 1. The van der Waals surface area contributed by atoms with E-state index >= 15 is 0 Å². The number of sulfonamides is 1. The molecule has 0 bridgehead atoms. The minimum atomic E-state index is -3.58. The summed E-state index contributed by atoms with van der Waals surface area (Å²) in [5.41, 5.74) is 0.500. The van der Waals surface area contributed by atoms with E-state index < -0.39 is 16.1 Å². The fourth-order valence-electron chi connectivity index (χ4n) is 2.19. The molecular formula is C14H20N4O3S. The third kappa shape index (κ3) is 3.28. The molecule has 1 amide bonds. The van der Waals surface area contributed by atoms with Crippen LogP contribution in [0.1, 0.15) is 12.5 Å². The highest BCUT2D eigenvalue weighted by Gasteiger charge is 2.31. The highest BCUT2D eigenvalue weighted by molar-refractivity contribution is 7.90. The van der Waals surface area contributed by atoms with Gasteiger partial charge in [0, 0.05) is 25.7 Å². The van der Waals surface area contributed by atoms with Crippen molar-refractivity contribution in [3.63, 3.8) is 0 Å². The second kappa shape index (κ2) is 6.45. The van der Waals surface area contributed by atoms with Gasteiger partial charge in [-0.1, -0.05) is 12.1 Å². The van der Waals surface area contributed by atoms with Gasteiger partial charge >= 0.3 is 0 Å². The first kappa shape index (κ1) is 16.4. The van der Waals surface area contributed by atoms with Crippen LogP contribution in [-0.2, 0) is 14.8 Å². The molecule has 0 radical (unpaired) electrons. The Morgan fingerprint density at radius 2 is 2.09 bits per heavy atom. The molecule has 1 aliphatic heterocycles. The van der Waals surface area contributed by atoms with E-state index in [1.807, 2.05) is 7.05 Å². The van der Waals surface area contributed by atoms with Crippen LogP contribution in [0.3, 0.4) is 0 Å². The molecule has 0 aliphatic carbocycles. The van der Waals surface area contributed by atoms with E-state index in [4.69, 9.17) is 0 Å². The largest absolute Gasteiger partial charge is 0.343 e. The normalized spacial score (nSPS) is 18.6. The SMILES string of the molecule is CNCCN(C)C(=O)C(C)N=C1NS(=O)(=O)c2ccccc21. The molecule has 0 spiro atoms. The minimum absolute atomic E-state index is 0.161. The van der Waals surface area contributed by atoms with Gasteiger partial charge in [0.15, 0.2) is 0 Å². The number of hydrogen-bond acceptors (Lipinski definition) is 5. The van der Waals surface area contributed by atoms with Crippen molar-refractivity contribution in [1.82, 2.24) is 14.9 Å². The summed E-state index contributed by atoms with van der Waals surface area (Å²) in [5, 5.41) is 2.97. The number of aliphatic imine (C=N–C) groups is 1. The third-order valence-electron chi connectivity index (χ3n) is 3.42. The molecule has 1 atom stereocenters. The first-order valence-corrected chi connectivity index (χ1v) is 8.44. The summed E-state index contributed by atoms with van der Waals surface area (Å²) in [6, 6.07) is 5.92. The summed E-state index contributed by atoms with van der Waals surface area (Å²) in [4.78, 5) is 18.2. The molecule has 0 aromatic heterocycles. The monoisotopic (exact) mass is 324 g/mol. The molecular weight excluding hydrogens is 304 g/mol. The maximum absolute atomic E-state index is 12.2. The lowest BCUT2D eigenvalue weighted by Gasteiger charge is -2.19. The van der Waals surface area contributed by atoms with E-state index in [1.54, 1.807) is 37.1 Å². The van der Waals surface area contributed by atoms with Crippen LogP contribution in [-0.4, -0.2) is 58.3 Å². The predicted octanol–water partition coefficient (Wildman–Crippen LogP) is -0.209. The van der Waals surface area contributed by atoms with E-state index in [0.717, 1.165) is 0 Å². The Hall–Kier alpha value is -1.93. The Morgan fingerprint density at radius 1 is 1.41 bits per heavy atom. The van der Waals surface area contributed by atoms with Crippen LogP contribution in [0, 0.1) is 0 Å². The van der Waals surface area contributed by atoms with Gasteiger partial charge in [-0.3, -0.25) is 14.5 Å². The average molecular weight is 324 g/mol. The zero-order valence-corrected chi connectivity index (χ0v) is 13.6. The molecule has 7 nitrogen and oxygen atoms in total. The van der Waals surface area contributed by atoms with Crippen molar-refractivity contribution in [3.05, 3.63) is 29.8 Å². The second-order valence-electron chi connectivity index (χ2n) is 5.12. The van der Waals surface area contributed by atoms with E-state index in [-0.39, 0.29) is 16.6 Å². The first-order valence-electron chi connectivity index (χ1n) is 6.96. The van der Waals surface area contributed by atoms with Crippen molar-refractivity contribution < 1.29 is 13.2 Å². The maximum Gasteiger partial charge on any atom is 0.263 e. The van der Waals surface area contributed by atoms with Gasteiger partial charge in [-0.15, -0.1) is 0 Å². The summed E-state index contributed by atoms with van der Waals surface area (Å²) < 4.78 is 26.4. The van der Waals surface area contributed by atoms with Crippen LogP contribution in [0.2, 0.25) is 0 Å². The van der Waals surface area contributed by atoms with Crippen LogP contribution in [0.5, 0.6) is 0 Å². The Balaban J connectivity index is 2.22. The molecule has 1 aromatic rings. The summed E-state index contributed by atoms with van der Waals surface area (Å²) >= 11 is 0. The Bertz CT molecular complexity index is 700. The molecule has 1 aliphatic rings. The number of nitrogens with zero attached hydrogens (tertiary/aromatic N) is 2.